The monoisotopic (exact) mass is 242 g/mol. The zero-order chi connectivity index (χ0) is 13.0. The summed E-state index contributed by atoms with van der Waals surface area (Å²) in [6.07, 6.45) is 0.841. The molecule has 1 unspecified atom stereocenters. The third-order valence-corrected chi connectivity index (χ3v) is 2.97. The first-order chi connectivity index (χ1) is 8.76. The van der Waals surface area contributed by atoms with Crippen molar-refractivity contribution >= 4 is 0 Å². The van der Waals surface area contributed by atoms with Gasteiger partial charge in [0, 0.05) is 5.56 Å². The lowest BCUT2D eigenvalue weighted by atomic mass is 9.97. The summed E-state index contributed by atoms with van der Waals surface area (Å²) < 4.78 is 0. The van der Waals surface area contributed by atoms with Crippen LogP contribution in [0.3, 0.4) is 0 Å². The molecule has 4 heteroatoms. The van der Waals surface area contributed by atoms with E-state index in [0.29, 0.717) is 0 Å². The molecule has 3 N–H and O–H groups in total. The van der Waals surface area contributed by atoms with E-state index < -0.39 is 0 Å². The molecule has 1 heterocycles. The van der Waals surface area contributed by atoms with E-state index in [1.54, 1.807) is 0 Å². The molecule has 0 saturated heterocycles. The van der Waals surface area contributed by atoms with E-state index in [1.165, 1.54) is 0 Å². The highest BCUT2D eigenvalue weighted by molar-refractivity contribution is 5.34. The summed E-state index contributed by atoms with van der Waals surface area (Å²) in [4.78, 5) is 0. The first kappa shape index (κ1) is 12.7. The van der Waals surface area contributed by atoms with Crippen LogP contribution in [0.5, 0.6) is 0 Å². The third-order valence-electron chi connectivity index (χ3n) is 2.97. The van der Waals surface area contributed by atoms with Crippen molar-refractivity contribution in [3.05, 3.63) is 58.9 Å². The molecule has 0 aliphatic carbocycles. The zero-order valence-corrected chi connectivity index (χ0v) is 10.7. The maximum atomic E-state index is 5.71. The van der Waals surface area contributed by atoms with E-state index in [4.69, 9.17) is 5.84 Å². The maximum Gasteiger partial charge on any atom is 0.0729 e. The van der Waals surface area contributed by atoms with Gasteiger partial charge in [0.1, 0.15) is 0 Å². The van der Waals surface area contributed by atoms with Gasteiger partial charge in [0.05, 0.1) is 17.4 Å². The Labute approximate surface area is 107 Å². The Morgan fingerprint density at radius 1 is 1.22 bits per heavy atom. The Kier molecular flexibility index (Phi) is 4.02. The van der Waals surface area contributed by atoms with E-state index in [-0.39, 0.29) is 6.04 Å². The van der Waals surface area contributed by atoms with Crippen LogP contribution in [-0.2, 0) is 6.42 Å². The fourth-order valence-electron chi connectivity index (χ4n) is 2.07. The predicted octanol–water partition coefficient (Wildman–Crippen LogP) is 1.90. The van der Waals surface area contributed by atoms with Gasteiger partial charge in [-0.05, 0) is 25.0 Å². The molecule has 1 atom stereocenters. The summed E-state index contributed by atoms with van der Waals surface area (Å²) in [7, 11) is 0. The number of benzene rings is 1. The molecule has 2 rings (SSSR count). The Morgan fingerprint density at radius 2 is 1.94 bits per heavy atom. The van der Waals surface area contributed by atoms with E-state index in [2.05, 4.69) is 34.7 Å². The largest absolute Gasteiger partial charge is 0.271 e. The second-order valence-corrected chi connectivity index (χ2v) is 4.25. The zero-order valence-electron chi connectivity index (χ0n) is 10.7. The number of hydrazine groups is 1. The summed E-state index contributed by atoms with van der Waals surface area (Å²) in [5, 5.41) is 8.35. The van der Waals surface area contributed by atoms with Gasteiger partial charge in [0.15, 0.2) is 0 Å². The quantitative estimate of drug-likeness (QED) is 0.635. The van der Waals surface area contributed by atoms with Crippen LogP contribution in [0.1, 0.15) is 35.5 Å². The van der Waals surface area contributed by atoms with Gasteiger partial charge >= 0.3 is 0 Å². The average Bonchev–Trinajstić information content (AvgIpc) is 2.41. The van der Waals surface area contributed by atoms with Crippen LogP contribution in [-0.4, -0.2) is 10.2 Å². The second-order valence-electron chi connectivity index (χ2n) is 4.25. The fraction of sp³-hybridized carbons (Fsp3) is 0.286. The van der Waals surface area contributed by atoms with Gasteiger partial charge in [-0.15, -0.1) is 0 Å². The first-order valence-corrected chi connectivity index (χ1v) is 6.10. The molecule has 0 bridgehead atoms. The lowest BCUT2D eigenvalue weighted by molar-refractivity contribution is 0.622. The molecule has 1 aromatic heterocycles. The van der Waals surface area contributed by atoms with Gasteiger partial charge in [-0.2, -0.15) is 10.2 Å². The number of hydrogen-bond acceptors (Lipinski definition) is 4. The molecule has 94 valence electrons. The molecule has 0 aliphatic rings. The highest BCUT2D eigenvalue weighted by atomic mass is 15.2. The summed E-state index contributed by atoms with van der Waals surface area (Å²) in [5.41, 5.74) is 6.97. The smallest absolute Gasteiger partial charge is 0.0729 e. The van der Waals surface area contributed by atoms with Gasteiger partial charge in [0.25, 0.3) is 0 Å². The Morgan fingerprint density at radius 3 is 2.56 bits per heavy atom. The molecular formula is C14H18N4. The van der Waals surface area contributed by atoms with Crippen LogP contribution in [0.2, 0.25) is 0 Å². The highest BCUT2D eigenvalue weighted by Crippen LogP contribution is 2.23. The molecule has 0 radical (unpaired) electrons. The van der Waals surface area contributed by atoms with E-state index in [9.17, 15) is 0 Å². The van der Waals surface area contributed by atoms with Crippen LogP contribution < -0.4 is 11.3 Å². The SMILES string of the molecule is CCc1nnc(C)cc1C(NN)c1ccccc1. The van der Waals surface area contributed by atoms with Crippen molar-refractivity contribution in [2.24, 2.45) is 5.84 Å². The Bertz CT molecular complexity index is 510. The van der Waals surface area contributed by atoms with E-state index >= 15 is 0 Å². The molecule has 4 nitrogen and oxygen atoms in total. The number of nitrogens with one attached hydrogen (secondary N) is 1. The van der Waals surface area contributed by atoms with Crippen molar-refractivity contribution in [3.63, 3.8) is 0 Å². The standard InChI is InChI=1S/C14H18N4/c1-3-13-12(9-10(2)17-18-13)14(16-15)11-7-5-4-6-8-11/h4-9,14,16H,3,15H2,1-2H3. The topological polar surface area (TPSA) is 63.8 Å². The van der Waals surface area contributed by atoms with Crippen LogP contribution in [0.15, 0.2) is 36.4 Å². The van der Waals surface area contributed by atoms with Crippen molar-refractivity contribution < 1.29 is 0 Å². The normalized spacial score (nSPS) is 12.4. The number of aromatic nitrogens is 2. The number of aryl methyl sites for hydroxylation is 2. The summed E-state index contributed by atoms with van der Waals surface area (Å²) in [6.45, 7) is 4.01. The average molecular weight is 242 g/mol. The number of rotatable bonds is 4. The van der Waals surface area contributed by atoms with Gasteiger partial charge in [-0.1, -0.05) is 37.3 Å². The molecule has 0 amide bonds. The first-order valence-electron chi connectivity index (χ1n) is 6.10. The van der Waals surface area contributed by atoms with Crippen LogP contribution in [0.25, 0.3) is 0 Å². The summed E-state index contributed by atoms with van der Waals surface area (Å²) in [5.74, 6) is 5.71. The molecule has 1 aromatic carbocycles. The van der Waals surface area contributed by atoms with Crippen molar-refractivity contribution in [3.8, 4) is 0 Å². The maximum absolute atomic E-state index is 5.71. The fourth-order valence-corrected chi connectivity index (χ4v) is 2.07. The van der Waals surface area contributed by atoms with E-state index in [0.717, 1.165) is 28.9 Å². The van der Waals surface area contributed by atoms with Crippen LogP contribution in [0.4, 0.5) is 0 Å². The number of nitrogens with two attached hydrogens (primary N) is 1. The number of nitrogens with zero attached hydrogens (tertiary/aromatic N) is 2. The summed E-state index contributed by atoms with van der Waals surface area (Å²) in [6, 6.07) is 12.1. The molecule has 0 saturated carbocycles. The molecule has 0 aliphatic heterocycles. The van der Waals surface area contributed by atoms with Gasteiger partial charge in [0.2, 0.25) is 0 Å². The molecule has 0 fully saturated rings. The van der Waals surface area contributed by atoms with Crippen LogP contribution in [0, 0.1) is 6.92 Å². The van der Waals surface area contributed by atoms with Crippen molar-refractivity contribution in [2.75, 3.05) is 0 Å². The highest BCUT2D eigenvalue weighted by Gasteiger charge is 2.16. The van der Waals surface area contributed by atoms with Crippen molar-refractivity contribution in [1.29, 1.82) is 0 Å². The van der Waals surface area contributed by atoms with Crippen LogP contribution >= 0.6 is 0 Å². The number of hydrogen-bond donors (Lipinski definition) is 2. The summed E-state index contributed by atoms with van der Waals surface area (Å²) >= 11 is 0. The lowest BCUT2D eigenvalue weighted by Gasteiger charge is -2.19. The lowest BCUT2D eigenvalue weighted by Crippen LogP contribution is -2.30. The minimum absolute atomic E-state index is 0.0460. The van der Waals surface area contributed by atoms with Crippen molar-refractivity contribution in [1.82, 2.24) is 15.6 Å². The molecule has 2 aromatic rings. The van der Waals surface area contributed by atoms with Gasteiger partial charge < -0.3 is 0 Å². The minimum Gasteiger partial charge on any atom is -0.271 e. The molecular weight excluding hydrogens is 224 g/mol. The molecule has 0 spiro atoms. The Hall–Kier alpha value is -1.78. The van der Waals surface area contributed by atoms with Gasteiger partial charge in [-0.3, -0.25) is 5.84 Å². The van der Waals surface area contributed by atoms with Crippen molar-refractivity contribution in [2.45, 2.75) is 26.3 Å². The Balaban J connectivity index is 2.48. The van der Waals surface area contributed by atoms with Gasteiger partial charge in [-0.25, -0.2) is 5.43 Å². The predicted molar refractivity (Wildman–Crippen MR) is 71.8 cm³/mol. The third kappa shape index (κ3) is 2.55. The molecule has 18 heavy (non-hydrogen) atoms. The second kappa shape index (κ2) is 5.71. The van der Waals surface area contributed by atoms with E-state index in [1.807, 2.05) is 31.2 Å². The minimum atomic E-state index is -0.0460.